The Kier molecular flexibility index (Phi) is 4.05. The van der Waals surface area contributed by atoms with Crippen LogP contribution in [0.25, 0.3) is 0 Å². The molecule has 0 amide bonds. The Balaban J connectivity index is 2.20. The highest BCUT2D eigenvalue weighted by molar-refractivity contribution is 5.79. The molecule has 0 aromatic heterocycles. The van der Waals surface area contributed by atoms with Gasteiger partial charge in [0.25, 0.3) is 5.69 Å². The molecule has 0 bridgehead atoms. The number of carbonyl (C=O) groups excluding carboxylic acids is 1. The molecule has 0 saturated heterocycles. The van der Waals surface area contributed by atoms with Gasteiger partial charge in [0.05, 0.1) is 4.92 Å². The zero-order valence-corrected chi connectivity index (χ0v) is 10.4. The number of nitro benzene ring substituents is 1. The maximum Gasteiger partial charge on any atom is 0.293 e. The third kappa shape index (κ3) is 3.17. The first-order valence-corrected chi connectivity index (χ1v) is 5.82. The number of hydrogen-bond donors (Lipinski definition) is 1. The van der Waals surface area contributed by atoms with Gasteiger partial charge in [-0.25, -0.2) is 4.39 Å². The van der Waals surface area contributed by atoms with Gasteiger partial charge in [-0.1, -0.05) is 12.1 Å². The van der Waals surface area contributed by atoms with Crippen LogP contribution in [0.3, 0.4) is 0 Å². The summed E-state index contributed by atoms with van der Waals surface area (Å²) in [6, 6.07) is 10.1. The molecule has 5 nitrogen and oxygen atoms in total. The Morgan fingerprint density at radius 3 is 2.70 bits per heavy atom. The van der Waals surface area contributed by atoms with Gasteiger partial charge in [-0.15, -0.1) is 0 Å². The molecule has 0 saturated carbocycles. The summed E-state index contributed by atoms with van der Waals surface area (Å²) in [6.45, 7) is 0.249. The molecule has 1 N–H and O–H groups in total. The smallest absolute Gasteiger partial charge is 0.293 e. The van der Waals surface area contributed by atoms with Gasteiger partial charge >= 0.3 is 0 Å². The lowest BCUT2D eigenvalue weighted by Gasteiger charge is -2.07. The predicted octanol–water partition coefficient (Wildman–Crippen LogP) is 3.16. The Bertz CT molecular complexity index is 659. The van der Waals surface area contributed by atoms with Crippen molar-refractivity contribution in [3.05, 3.63) is 69.5 Å². The number of halogens is 1. The van der Waals surface area contributed by atoms with Crippen molar-refractivity contribution in [2.75, 3.05) is 5.32 Å². The van der Waals surface area contributed by atoms with Crippen molar-refractivity contribution < 1.29 is 14.1 Å². The minimum atomic E-state index is -0.569. The lowest BCUT2D eigenvalue weighted by Crippen LogP contribution is -2.03. The molecule has 0 radical (unpaired) electrons. The average molecular weight is 274 g/mol. The van der Waals surface area contributed by atoms with E-state index in [9.17, 15) is 19.3 Å². The number of nitrogens with one attached hydrogen (secondary N) is 1. The molecule has 0 spiro atoms. The van der Waals surface area contributed by atoms with E-state index in [0.29, 0.717) is 11.8 Å². The van der Waals surface area contributed by atoms with Crippen molar-refractivity contribution in [1.82, 2.24) is 0 Å². The average Bonchev–Trinajstić information content (AvgIpc) is 2.45. The highest BCUT2D eigenvalue weighted by Gasteiger charge is 2.14. The maximum absolute atomic E-state index is 13.0. The van der Waals surface area contributed by atoms with E-state index in [-0.39, 0.29) is 29.3 Å². The molecule has 0 heterocycles. The van der Waals surface area contributed by atoms with E-state index in [2.05, 4.69) is 5.32 Å². The van der Waals surface area contributed by atoms with Crippen molar-refractivity contribution in [1.29, 1.82) is 0 Å². The van der Waals surface area contributed by atoms with Crippen LogP contribution in [-0.4, -0.2) is 11.2 Å². The van der Waals surface area contributed by atoms with Crippen LogP contribution in [-0.2, 0) is 6.54 Å². The number of nitrogens with zero attached hydrogens (tertiary/aromatic N) is 1. The summed E-state index contributed by atoms with van der Waals surface area (Å²) < 4.78 is 13.0. The van der Waals surface area contributed by atoms with Crippen LogP contribution >= 0.6 is 0 Å². The monoisotopic (exact) mass is 274 g/mol. The van der Waals surface area contributed by atoms with Crippen molar-refractivity contribution in [2.45, 2.75) is 6.54 Å². The first-order valence-electron chi connectivity index (χ1n) is 5.82. The summed E-state index contributed by atoms with van der Waals surface area (Å²) in [5.41, 5.74) is 0.989. The molecule has 2 rings (SSSR count). The van der Waals surface area contributed by atoms with Crippen LogP contribution in [0.15, 0.2) is 42.5 Å². The molecule has 2 aromatic carbocycles. The molecular formula is C14H11FN2O3. The second-order valence-electron chi connectivity index (χ2n) is 4.14. The summed E-state index contributed by atoms with van der Waals surface area (Å²) in [6.07, 6.45) is 0.545. The molecule has 0 unspecified atom stereocenters. The molecule has 20 heavy (non-hydrogen) atoms. The second kappa shape index (κ2) is 5.92. The molecule has 0 aliphatic heterocycles. The molecule has 6 heteroatoms. The lowest BCUT2D eigenvalue weighted by atomic mass is 10.1. The number of benzene rings is 2. The summed E-state index contributed by atoms with van der Waals surface area (Å²) in [5, 5.41) is 13.8. The molecule has 0 fully saturated rings. The fourth-order valence-electron chi connectivity index (χ4n) is 1.77. The number of hydrogen-bond acceptors (Lipinski definition) is 4. The van der Waals surface area contributed by atoms with Crippen molar-refractivity contribution >= 4 is 17.7 Å². The van der Waals surface area contributed by atoms with Gasteiger partial charge in [-0.3, -0.25) is 14.9 Å². The van der Waals surface area contributed by atoms with Gasteiger partial charge in [-0.05, 0) is 29.8 Å². The summed E-state index contributed by atoms with van der Waals surface area (Å²) in [4.78, 5) is 21.0. The quantitative estimate of drug-likeness (QED) is 0.516. The van der Waals surface area contributed by atoms with E-state index in [0.717, 1.165) is 0 Å². The maximum atomic E-state index is 13.0. The molecule has 0 aliphatic rings. The van der Waals surface area contributed by atoms with E-state index >= 15 is 0 Å². The van der Waals surface area contributed by atoms with Crippen LogP contribution in [0.2, 0.25) is 0 Å². The van der Waals surface area contributed by atoms with Crippen LogP contribution in [0.1, 0.15) is 15.9 Å². The fourth-order valence-corrected chi connectivity index (χ4v) is 1.77. The molecule has 0 atom stereocenters. The third-order valence-corrected chi connectivity index (χ3v) is 2.73. The van der Waals surface area contributed by atoms with E-state index in [1.54, 1.807) is 12.1 Å². The molecule has 102 valence electrons. The largest absolute Gasteiger partial charge is 0.375 e. The predicted molar refractivity (Wildman–Crippen MR) is 72.2 cm³/mol. The topological polar surface area (TPSA) is 72.2 Å². The highest BCUT2D eigenvalue weighted by Crippen LogP contribution is 2.25. The van der Waals surface area contributed by atoms with Gasteiger partial charge in [0.15, 0.2) is 0 Å². The molecular weight excluding hydrogens is 263 g/mol. The van der Waals surface area contributed by atoms with Crippen molar-refractivity contribution in [3.8, 4) is 0 Å². The minimum Gasteiger partial charge on any atom is -0.375 e. The SMILES string of the molecule is O=Cc1ccc(NCc2cccc(F)c2)c([N+](=O)[O-])c1. The minimum absolute atomic E-state index is 0.189. The first-order chi connectivity index (χ1) is 9.60. The van der Waals surface area contributed by atoms with Crippen LogP contribution < -0.4 is 5.32 Å². The number of anilines is 1. The standard InChI is InChI=1S/C14H11FN2O3/c15-12-3-1-2-10(6-12)8-16-13-5-4-11(9-18)7-14(13)17(19)20/h1-7,9,16H,8H2. The normalized spacial score (nSPS) is 10.1. The zero-order valence-electron chi connectivity index (χ0n) is 10.4. The Morgan fingerprint density at radius 2 is 2.05 bits per heavy atom. The number of aldehydes is 1. The zero-order chi connectivity index (χ0) is 14.5. The van der Waals surface area contributed by atoms with Gasteiger partial charge < -0.3 is 5.32 Å². The first kappa shape index (κ1) is 13.7. The van der Waals surface area contributed by atoms with Crippen molar-refractivity contribution in [2.24, 2.45) is 0 Å². The fraction of sp³-hybridized carbons (Fsp3) is 0.0714. The third-order valence-electron chi connectivity index (χ3n) is 2.73. The number of rotatable bonds is 5. The van der Waals surface area contributed by atoms with Gasteiger partial charge in [-0.2, -0.15) is 0 Å². The summed E-state index contributed by atoms with van der Waals surface area (Å²) in [5.74, 6) is -0.366. The van der Waals surface area contributed by atoms with E-state index in [1.807, 2.05) is 0 Å². The molecule has 2 aromatic rings. The summed E-state index contributed by atoms with van der Waals surface area (Å²) in [7, 11) is 0. The van der Waals surface area contributed by atoms with Gasteiger partial charge in [0.2, 0.25) is 0 Å². The Morgan fingerprint density at radius 1 is 1.25 bits per heavy atom. The summed E-state index contributed by atoms with van der Waals surface area (Å²) >= 11 is 0. The van der Waals surface area contributed by atoms with E-state index in [4.69, 9.17) is 0 Å². The molecule has 0 aliphatic carbocycles. The number of carbonyl (C=O) groups is 1. The highest BCUT2D eigenvalue weighted by atomic mass is 19.1. The Hall–Kier alpha value is -2.76. The van der Waals surface area contributed by atoms with Crippen LogP contribution in [0.5, 0.6) is 0 Å². The number of nitro groups is 1. The second-order valence-corrected chi connectivity index (χ2v) is 4.14. The lowest BCUT2D eigenvalue weighted by molar-refractivity contribution is -0.384. The van der Waals surface area contributed by atoms with Crippen molar-refractivity contribution in [3.63, 3.8) is 0 Å². The van der Waals surface area contributed by atoms with Crippen LogP contribution in [0, 0.1) is 15.9 Å². The van der Waals surface area contributed by atoms with E-state index < -0.39 is 4.92 Å². The van der Waals surface area contributed by atoms with Crippen LogP contribution in [0.4, 0.5) is 15.8 Å². The van der Waals surface area contributed by atoms with E-state index in [1.165, 1.54) is 30.3 Å². The van der Waals surface area contributed by atoms with Gasteiger partial charge in [0.1, 0.15) is 17.8 Å². The Labute approximate surface area is 114 Å². The van der Waals surface area contributed by atoms with Gasteiger partial charge in [0, 0.05) is 18.2 Å².